The molecule has 1 atom stereocenters. The van der Waals surface area contributed by atoms with Gasteiger partial charge in [0.25, 0.3) is 5.56 Å². The van der Waals surface area contributed by atoms with E-state index in [1.165, 1.54) is 0 Å². The number of anilines is 1. The van der Waals surface area contributed by atoms with Crippen LogP contribution in [-0.4, -0.2) is 33.2 Å². The van der Waals surface area contributed by atoms with E-state index in [0.717, 1.165) is 0 Å². The van der Waals surface area contributed by atoms with E-state index in [4.69, 9.17) is 0 Å². The van der Waals surface area contributed by atoms with Gasteiger partial charge >= 0.3 is 5.69 Å². The highest BCUT2D eigenvalue weighted by molar-refractivity contribution is 7.99. The molecule has 6 nitrogen and oxygen atoms in total. The average molecular weight is 216 g/mol. The van der Waals surface area contributed by atoms with E-state index >= 15 is 0 Å². The van der Waals surface area contributed by atoms with Gasteiger partial charge in [0, 0.05) is 11.8 Å². The monoisotopic (exact) mass is 216 g/mol. The lowest BCUT2D eigenvalue weighted by molar-refractivity contribution is 0.875. The fraction of sp³-hybridized carbons (Fsp3) is 0.571. The van der Waals surface area contributed by atoms with Gasteiger partial charge in [0.05, 0.1) is 0 Å². The first-order valence-corrected chi connectivity index (χ1v) is 5.38. The van der Waals surface area contributed by atoms with E-state index in [2.05, 4.69) is 20.5 Å². The summed E-state index contributed by atoms with van der Waals surface area (Å²) in [6, 6.07) is 0. The number of thioether (sulfide) groups is 1. The quantitative estimate of drug-likeness (QED) is 0.638. The number of aromatic amines is 2. The lowest BCUT2D eigenvalue weighted by atomic mass is 10.4. The van der Waals surface area contributed by atoms with Crippen LogP contribution >= 0.6 is 11.8 Å². The maximum atomic E-state index is 11.1. The third-order valence-corrected chi connectivity index (χ3v) is 2.64. The summed E-state index contributed by atoms with van der Waals surface area (Å²) in [6.07, 6.45) is 1.98. The molecule has 1 aromatic rings. The lowest BCUT2D eigenvalue weighted by Crippen LogP contribution is -2.28. The number of rotatable bonds is 4. The van der Waals surface area contributed by atoms with E-state index < -0.39 is 11.2 Å². The highest BCUT2D eigenvalue weighted by Crippen LogP contribution is 2.04. The minimum absolute atomic E-state index is 0.144. The second-order valence-electron chi connectivity index (χ2n) is 2.78. The predicted molar refractivity (Wildman–Crippen MR) is 56.9 cm³/mol. The molecule has 1 rings (SSSR count). The molecule has 7 heteroatoms. The summed E-state index contributed by atoms with van der Waals surface area (Å²) in [5.74, 6) is 0.144. The largest absolute Gasteiger partial charge is 0.363 e. The van der Waals surface area contributed by atoms with Crippen LogP contribution in [-0.2, 0) is 0 Å². The van der Waals surface area contributed by atoms with Crippen LogP contribution in [0.3, 0.4) is 0 Å². The lowest BCUT2D eigenvalue weighted by Gasteiger charge is -2.08. The van der Waals surface area contributed by atoms with Crippen molar-refractivity contribution in [1.29, 1.82) is 0 Å². The van der Waals surface area contributed by atoms with Gasteiger partial charge in [-0.1, -0.05) is 6.92 Å². The van der Waals surface area contributed by atoms with Gasteiger partial charge in [-0.15, -0.1) is 5.10 Å². The smallest absolute Gasteiger partial charge is 0.342 e. The Kier molecular flexibility index (Phi) is 3.75. The van der Waals surface area contributed by atoms with Crippen LogP contribution in [0.1, 0.15) is 6.92 Å². The van der Waals surface area contributed by atoms with Crippen molar-refractivity contribution in [2.75, 3.05) is 18.1 Å². The van der Waals surface area contributed by atoms with E-state index in [1.54, 1.807) is 11.8 Å². The molecule has 1 heterocycles. The molecular weight excluding hydrogens is 204 g/mol. The SMILES string of the molecule is CSC(C)CNc1n[nH]c(=O)[nH]c1=O. The summed E-state index contributed by atoms with van der Waals surface area (Å²) in [6.45, 7) is 2.65. The first-order chi connectivity index (χ1) is 6.63. The van der Waals surface area contributed by atoms with Crippen LogP contribution in [0, 0.1) is 0 Å². The highest BCUT2D eigenvalue weighted by Gasteiger charge is 2.03. The zero-order valence-corrected chi connectivity index (χ0v) is 8.77. The molecule has 14 heavy (non-hydrogen) atoms. The van der Waals surface area contributed by atoms with Gasteiger partial charge in [0.15, 0.2) is 0 Å². The Hall–Kier alpha value is -1.24. The van der Waals surface area contributed by atoms with Crippen molar-refractivity contribution in [2.45, 2.75) is 12.2 Å². The van der Waals surface area contributed by atoms with Crippen molar-refractivity contribution in [3.63, 3.8) is 0 Å². The van der Waals surface area contributed by atoms with Crippen LogP contribution < -0.4 is 16.6 Å². The van der Waals surface area contributed by atoms with Crippen molar-refractivity contribution >= 4 is 17.6 Å². The average Bonchev–Trinajstić information content (AvgIpc) is 2.16. The van der Waals surface area contributed by atoms with Gasteiger partial charge in [0.1, 0.15) is 0 Å². The summed E-state index contributed by atoms with van der Waals surface area (Å²) in [5.41, 5.74) is -1.10. The number of nitrogens with one attached hydrogen (secondary N) is 3. The molecule has 78 valence electrons. The maximum absolute atomic E-state index is 11.1. The van der Waals surface area contributed by atoms with Gasteiger partial charge in [-0.25, -0.2) is 9.89 Å². The summed E-state index contributed by atoms with van der Waals surface area (Å²) in [5, 5.41) is 8.96. The Balaban J connectivity index is 2.68. The van der Waals surface area contributed by atoms with Gasteiger partial charge in [-0.3, -0.25) is 9.78 Å². The van der Waals surface area contributed by atoms with Crippen LogP contribution in [0.2, 0.25) is 0 Å². The minimum atomic E-state index is -0.599. The highest BCUT2D eigenvalue weighted by atomic mass is 32.2. The van der Waals surface area contributed by atoms with E-state index in [1.807, 2.05) is 13.2 Å². The molecule has 0 fully saturated rings. The van der Waals surface area contributed by atoms with E-state index in [9.17, 15) is 9.59 Å². The molecule has 0 radical (unpaired) electrons. The second-order valence-corrected chi connectivity index (χ2v) is 4.06. The molecule has 0 spiro atoms. The van der Waals surface area contributed by atoms with Crippen molar-refractivity contribution < 1.29 is 0 Å². The fourth-order valence-corrected chi connectivity index (χ4v) is 1.04. The summed E-state index contributed by atoms with van der Waals surface area (Å²) in [4.78, 5) is 23.8. The van der Waals surface area contributed by atoms with Crippen molar-refractivity contribution in [2.24, 2.45) is 0 Å². The number of H-pyrrole nitrogens is 2. The van der Waals surface area contributed by atoms with Crippen molar-refractivity contribution in [1.82, 2.24) is 15.2 Å². The van der Waals surface area contributed by atoms with Gasteiger partial charge in [-0.2, -0.15) is 11.8 Å². The first kappa shape index (κ1) is 10.8. The fourth-order valence-electron chi connectivity index (χ4n) is 0.791. The topological polar surface area (TPSA) is 90.6 Å². The number of hydrogen-bond donors (Lipinski definition) is 3. The Morgan fingerprint density at radius 1 is 1.57 bits per heavy atom. The summed E-state index contributed by atoms with van der Waals surface area (Å²) >= 11 is 1.68. The van der Waals surface area contributed by atoms with Gasteiger partial charge in [0.2, 0.25) is 5.82 Å². The number of aromatic nitrogens is 3. The van der Waals surface area contributed by atoms with Crippen LogP contribution in [0.15, 0.2) is 9.59 Å². The third-order valence-electron chi connectivity index (χ3n) is 1.67. The summed E-state index contributed by atoms with van der Waals surface area (Å²) in [7, 11) is 0. The molecular formula is C7H12N4O2S. The first-order valence-electron chi connectivity index (χ1n) is 4.09. The molecule has 0 amide bonds. The molecule has 3 N–H and O–H groups in total. The normalized spacial score (nSPS) is 12.4. The molecule has 0 saturated carbocycles. The van der Waals surface area contributed by atoms with E-state index in [0.29, 0.717) is 11.8 Å². The molecule has 0 bridgehead atoms. The minimum Gasteiger partial charge on any atom is -0.363 e. The molecule has 1 unspecified atom stereocenters. The van der Waals surface area contributed by atoms with Gasteiger partial charge < -0.3 is 5.32 Å². The predicted octanol–water partition coefficient (Wildman–Crippen LogP) is -0.378. The molecule has 0 aromatic carbocycles. The molecule has 0 saturated heterocycles. The van der Waals surface area contributed by atoms with Crippen LogP contribution in [0.4, 0.5) is 5.82 Å². The molecule has 0 aliphatic rings. The van der Waals surface area contributed by atoms with Gasteiger partial charge in [-0.05, 0) is 6.26 Å². The van der Waals surface area contributed by atoms with E-state index in [-0.39, 0.29) is 5.82 Å². The second kappa shape index (κ2) is 4.85. The zero-order valence-electron chi connectivity index (χ0n) is 7.96. The number of hydrogen-bond acceptors (Lipinski definition) is 5. The maximum Gasteiger partial charge on any atom is 0.342 e. The van der Waals surface area contributed by atoms with Crippen LogP contribution in [0.5, 0.6) is 0 Å². The standard InChI is InChI=1S/C7H12N4O2S/c1-4(14-2)3-8-5-6(12)9-7(13)11-10-5/h4H,3H2,1-2H3,(H,8,10)(H2,9,11,12,13). The number of nitrogens with zero attached hydrogens (tertiary/aromatic N) is 1. The zero-order chi connectivity index (χ0) is 10.6. The Bertz CT molecular complexity index is 399. The molecule has 0 aliphatic heterocycles. The Morgan fingerprint density at radius 3 is 2.86 bits per heavy atom. The van der Waals surface area contributed by atoms with Crippen molar-refractivity contribution in [3.05, 3.63) is 20.8 Å². The van der Waals surface area contributed by atoms with Crippen LogP contribution in [0.25, 0.3) is 0 Å². The van der Waals surface area contributed by atoms with Crippen molar-refractivity contribution in [3.8, 4) is 0 Å². The molecule has 1 aromatic heterocycles. The Labute approximate surface area is 84.5 Å². The third kappa shape index (κ3) is 2.91. The molecule has 0 aliphatic carbocycles. The summed E-state index contributed by atoms with van der Waals surface area (Å²) < 4.78 is 0. The Morgan fingerprint density at radius 2 is 2.29 bits per heavy atom.